The Morgan fingerprint density at radius 2 is 2.44 bits per heavy atom. The molecule has 1 saturated heterocycles. The highest BCUT2D eigenvalue weighted by atomic mass is 14.9. The molecular weight excluding hydrogens is 114 g/mol. The molecule has 0 radical (unpaired) electrons. The van der Waals surface area contributed by atoms with Gasteiger partial charge in [-0.05, 0) is 13.0 Å². The quantitative estimate of drug-likeness (QED) is 0.456. The summed E-state index contributed by atoms with van der Waals surface area (Å²) in [6.45, 7) is 1.73. The molecule has 1 aliphatic heterocycles. The highest BCUT2D eigenvalue weighted by Crippen LogP contribution is 2.07. The van der Waals surface area contributed by atoms with E-state index in [0.29, 0.717) is 0 Å². The maximum Gasteiger partial charge on any atom is 0.0673 e. The second kappa shape index (κ2) is 2.81. The highest BCUT2D eigenvalue weighted by molar-refractivity contribution is 4.94. The van der Waals surface area contributed by atoms with Gasteiger partial charge in [0.2, 0.25) is 0 Å². The number of nitrogens with one attached hydrogen (secondary N) is 1. The van der Waals surface area contributed by atoms with Crippen LogP contribution in [0, 0.1) is 17.2 Å². The second-order valence-electron chi connectivity index (χ2n) is 2.39. The zero-order valence-corrected chi connectivity index (χ0v) is 5.30. The summed E-state index contributed by atoms with van der Waals surface area (Å²) in [7, 11) is 0. The van der Waals surface area contributed by atoms with Crippen molar-refractivity contribution in [1.82, 2.24) is 5.32 Å². The Labute approximate surface area is 54.8 Å². The van der Waals surface area contributed by atoms with Crippen LogP contribution in [-0.4, -0.2) is 19.1 Å². The van der Waals surface area contributed by atoms with E-state index >= 15 is 0 Å². The van der Waals surface area contributed by atoms with Crippen molar-refractivity contribution in [1.29, 1.82) is 5.26 Å². The van der Waals surface area contributed by atoms with Gasteiger partial charge in [0, 0.05) is 12.6 Å². The zero-order valence-electron chi connectivity index (χ0n) is 5.30. The normalized spacial score (nSPS) is 35.6. The molecule has 0 amide bonds. The van der Waals surface area contributed by atoms with Crippen LogP contribution >= 0.6 is 0 Å². The average Bonchev–Trinajstić information content (AvgIpc) is 1.89. The third-order valence-corrected chi connectivity index (χ3v) is 1.69. The van der Waals surface area contributed by atoms with Gasteiger partial charge in [0.05, 0.1) is 12.0 Å². The molecule has 1 fully saturated rings. The lowest BCUT2D eigenvalue weighted by Gasteiger charge is -2.23. The van der Waals surface area contributed by atoms with Gasteiger partial charge in [-0.3, -0.25) is 0 Å². The Bertz CT molecular complexity index is 127. The van der Waals surface area contributed by atoms with Gasteiger partial charge in [0.1, 0.15) is 0 Å². The molecule has 2 atom stereocenters. The van der Waals surface area contributed by atoms with Crippen molar-refractivity contribution >= 4 is 0 Å². The largest absolute Gasteiger partial charge is 0.325 e. The molecule has 3 N–H and O–H groups in total. The summed E-state index contributed by atoms with van der Waals surface area (Å²) in [6, 6.07) is 2.23. The number of rotatable bonds is 0. The summed E-state index contributed by atoms with van der Waals surface area (Å²) in [5.74, 6) is 0.0752. The maximum absolute atomic E-state index is 8.50. The van der Waals surface area contributed by atoms with Gasteiger partial charge in [-0.15, -0.1) is 0 Å². The van der Waals surface area contributed by atoms with Crippen molar-refractivity contribution in [3.05, 3.63) is 0 Å². The molecule has 3 heteroatoms. The molecule has 0 aliphatic carbocycles. The van der Waals surface area contributed by atoms with Crippen molar-refractivity contribution in [2.75, 3.05) is 13.1 Å². The molecule has 0 aromatic carbocycles. The Kier molecular flexibility index (Phi) is 2.04. The third kappa shape index (κ3) is 1.41. The van der Waals surface area contributed by atoms with Crippen molar-refractivity contribution in [2.24, 2.45) is 11.7 Å². The number of nitrogens with two attached hydrogens (primary N) is 1. The first-order valence-corrected chi connectivity index (χ1v) is 3.20. The summed E-state index contributed by atoms with van der Waals surface area (Å²) >= 11 is 0. The molecule has 1 heterocycles. The van der Waals surface area contributed by atoms with Gasteiger partial charge in [-0.1, -0.05) is 0 Å². The van der Waals surface area contributed by atoms with E-state index < -0.39 is 0 Å². The SMILES string of the molecule is N#C[C@H]1CCNC[C@H]1N. The number of hydrogen-bond acceptors (Lipinski definition) is 3. The summed E-state index contributed by atoms with van der Waals surface area (Å²) in [6.07, 6.45) is 0.900. The smallest absolute Gasteiger partial charge is 0.0673 e. The maximum atomic E-state index is 8.50. The van der Waals surface area contributed by atoms with E-state index in [9.17, 15) is 0 Å². The van der Waals surface area contributed by atoms with Gasteiger partial charge in [-0.25, -0.2) is 0 Å². The fraction of sp³-hybridized carbons (Fsp3) is 0.833. The van der Waals surface area contributed by atoms with Crippen molar-refractivity contribution < 1.29 is 0 Å². The molecule has 0 unspecified atom stereocenters. The summed E-state index contributed by atoms with van der Waals surface area (Å²) in [5.41, 5.74) is 5.60. The molecule has 0 aromatic rings. The lowest BCUT2D eigenvalue weighted by Crippen LogP contribution is -2.45. The van der Waals surface area contributed by atoms with Crippen LogP contribution in [0.1, 0.15) is 6.42 Å². The molecule has 0 bridgehead atoms. The minimum Gasteiger partial charge on any atom is -0.325 e. The average molecular weight is 125 g/mol. The van der Waals surface area contributed by atoms with Crippen LogP contribution in [0.5, 0.6) is 0 Å². The molecule has 0 saturated carbocycles. The van der Waals surface area contributed by atoms with E-state index in [1.807, 2.05) is 0 Å². The molecule has 9 heavy (non-hydrogen) atoms. The topological polar surface area (TPSA) is 61.8 Å². The number of nitrogens with zero attached hydrogens (tertiary/aromatic N) is 1. The zero-order chi connectivity index (χ0) is 6.69. The van der Waals surface area contributed by atoms with Crippen molar-refractivity contribution in [3.63, 3.8) is 0 Å². The second-order valence-corrected chi connectivity index (χ2v) is 2.39. The first-order valence-electron chi connectivity index (χ1n) is 3.20. The molecule has 1 aliphatic rings. The Morgan fingerprint density at radius 1 is 1.67 bits per heavy atom. The van der Waals surface area contributed by atoms with E-state index in [1.165, 1.54) is 0 Å². The molecule has 50 valence electrons. The van der Waals surface area contributed by atoms with E-state index in [1.54, 1.807) is 0 Å². The molecule has 1 rings (SSSR count). The van der Waals surface area contributed by atoms with Crippen LogP contribution in [-0.2, 0) is 0 Å². The minimum atomic E-state index is 0.0451. The lowest BCUT2D eigenvalue weighted by atomic mass is 9.95. The van der Waals surface area contributed by atoms with Crippen LogP contribution in [0.4, 0.5) is 0 Å². The van der Waals surface area contributed by atoms with Crippen LogP contribution in [0.3, 0.4) is 0 Å². The number of piperidine rings is 1. The van der Waals surface area contributed by atoms with Crippen LogP contribution in [0.25, 0.3) is 0 Å². The standard InChI is InChI=1S/C6H11N3/c7-3-5-1-2-9-4-6(5)8/h5-6,9H,1-2,4,8H2/t5-,6-/m1/s1. The van der Waals surface area contributed by atoms with Gasteiger partial charge in [0.15, 0.2) is 0 Å². The fourth-order valence-corrected chi connectivity index (χ4v) is 1.04. The van der Waals surface area contributed by atoms with Crippen LogP contribution < -0.4 is 11.1 Å². The van der Waals surface area contributed by atoms with E-state index in [0.717, 1.165) is 19.5 Å². The van der Waals surface area contributed by atoms with Crippen LogP contribution in [0.15, 0.2) is 0 Å². The van der Waals surface area contributed by atoms with E-state index in [4.69, 9.17) is 11.0 Å². The fourth-order valence-electron chi connectivity index (χ4n) is 1.04. The van der Waals surface area contributed by atoms with Gasteiger partial charge in [0.25, 0.3) is 0 Å². The van der Waals surface area contributed by atoms with E-state index in [2.05, 4.69) is 11.4 Å². The predicted octanol–water partition coefficient (Wildman–Crippen LogP) is -0.553. The van der Waals surface area contributed by atoms with Gasteiger partial charge < -0.3 is 11.1 Å². The molecular formula is C6H11N3. The predicted molar refractivity (Wildman–Crippen MR) is 34.6 cm³/mol. The minimum absolute atomic E-state index is 0.0451. The Morgan fingerprint density at radius 3 is 2.89 bits per heavy atom. The first kappa shape index (κ1) is 6.53. The summed E-state index contributed by atoms with van der Waals surface area (Å²) < 4.78 is 0. The summed E-state index contributed by atoms with van der Waals surface area (Å²) in [4.78, 5) is 0. The van der Waals surface area contributed by atoms with E-state index in [-0.39, 0.29) is 12.0 Å². The van der Waals surface area contributed by atoms with Crippen molar-refractivity contribution in [2.45, 2.75) is 12.5 Å². The highest BCUT2D eigenvalue weighted by Gasteiger charge is 2.19. The molecule has 0 aromatic heterocycles. The molecule has 0 spiro atoms. The Balaban J connectivity index is 2.41. The van der Waals surface area contributed by atoms with Gasteiger partial charge in [-0.2, -0.15) is 5.26 Å². The van der Waals surface area contributed by atoms with Crippen molar-refractivity contribution in [3.8, 4) is 6.07 Å². The van der Waals surface area contributed by atoms with Crippen LogP contribution in [0.2, 0.25) is 0 Å². The van der Waals surface area contributed by atoms with Gasteiger partial charge >= 0.3 is 0 Å². The monoisotopic (exact) mass is 125 g/mol. The number of hydrogen-bond donors (Lipinski definition) is 2. The number of nitriles is 1. The molecule has 3 nitrogen and oxygen atoms in total. The third-order valence-electron chi connectivity index (χ3n) is 1.69. The summed E-state index contributed by atoms with van der Waals surface area (Å²) in [5, 5.41) is 11.6. The lowest BCUT2D eigenvalue weighted by molar-refractivity contribution is 0.387. The Hall–Kier alpha value is -0.590. The first-order chi connectivity index (χ1) is 4.34.